The lowest BCUT2D eigenvalue weighted by molar-refractivity contribution is -0.377. The number of hydrogen-bond acceptors (Lipinski definition) is 3. The number of aryl methyl sites for hydroxylation is 2. The Labute approximate surface area is 158 Å². The number of nitrogens with zero attached hydrogens (tertiary/aromatic N) is 1. The first kappa shape index (κ1) is 18.6. The highest BCUT2D eigenvalue weighted by atomic mass is 32.2. The summed E-state index contributed by atoms with van der Waals surface area (Å²) in [6.45, 7) is 3.74. The Morgan fingerprint density at radius 2 is 1.85 bits per heavy atom. The molecule has 2 aromatic carbocycles. The lowest BCUT2D eigenvalue weighted by Gasteiger charge is -2.24. The second-order valence-electron chi connectivity index (χ2n) is 6.13. The molecule has 0 fully saturated rings. The first-order valence-corrected chi connectivity index (χ1v) is 9.72. The van der Waals surface area contributed by atoms with Crippen LogP contribution in [0.2, 0.25) is 0 Å². The maximum absolute atomic E-state index is 12.7. The third-order valence-electron chi connectivity index (χ3n) is 3.93. The molecule has 27 heavy (non-hydrogen) atoms. The maximum Gasteiger partial charge on any atom is 0.255 e. The molecule has 1 amide bonds. The number of rotatable bonds is 5. The lowest BCUT2D eigenvalue weighted by atomic mass is 10.1. The number of carbonyl (C=O) groups excluding carboxylic acids is 1. The van der Waals surface area contributed by atoms with Gasteiger partial charge in [-0.05, 0) is 38.1 Å². The molecule has 1 aromatic heterocycles. The van der Waals surface area contributed by atoms with Crippen molar-refractivity contribution in [3.8, 4) is 0 Å². The second-order valence-corrected chi connectivity index (χ2v) is 7.73. The van der Waals surface area contributed by atoms with Gasteiger partial charge in [0.25, 0.3) is 5.91 Å². The summed E-state index contributed by atoms with van der Waals surface area (Å²) in [6.07, 6.45) is 3.35. The summed E-state index contributed by atoms with van der Waals surface area (Å²) in [5.74, 6) is -0.404. The van der Waals surface area contributed by atoms with Gasteiger partial charge in [0.1, 0.15) is 15.7 Å². The number of carbonyl (C=O) groups is 1. The summed E-state index contributed by atoms with van der Waals surface area (Å²) >= 11 is 0. The molecule has 0 atom stereocenters. The SMILES string of the molecule is Cc1ccc([N-]S(=O)(=O)c2cccc(C(=O)Nc3ccc[nH+]c3)c2)c(C)c1. The maximum atomic E-state index is 12.7. The average molecular weight is 381 g/mol. The molecule has 0 spiro atoms. The van der Waals surface area contributed by atoms with Crippen molar-refractivity contribution in [2.24, 2.45) is 0 Å². The molecule has 2 N–H and O–H groups in total. The van der Waals surface area contributed by atoms with Gasteiger partial charge in [0, 0.05) is 11.6 Å². The minimum atomic E-state index is -3.94. The first-order chi connectivity index (χ1) is 12.8. The number of amides is 1. The van der Waals surface area contributed by atoms with Gasteiger partial charge in [0.15, 0.2) is 12.4 Å². The zero-order chi connectivity index (χ0) is 19.4. The predicted octanol–water partition coefficient (Wildman–Crippen LogP) is 3.76. The van der Waals surface area contributed by atoms with Gasteiger partial charge in [-0.1, -0.05) is 35.4 Å². The number of pyridine rings is 1. The highest BCUT2D eigenvalue weighted by Gasteiger charge is 2.12. The fraction of sp³-hybridized carbons (Fsp3) is 0.100. The van der Waals surface area contributed by atoms with Crippen LogP contribution in [0.3, 0.4) is 0 Å². The minimum Gasteiger partial charge on any atom is -0.572 e. The van der Waals surface area contributed by atoms with Crippen LogP contribution in [-0.2, 0) is 10.0 Å². The van der Waals surface area contributed by atoms with Gasteiger partial charge >= 0.3 is 0 Å². The predicted molar refractivity (Wildman–Crippen MR) is 104 cm³/mol. The van der Waals surface area contributed by atoms with Gasteiger partial charge in [-0.2, -0.15) is 0 Å². The fourth-order valence-electron chi connectivity index (χ4n) is 2.56. The summed E-state index contributed by atoms with van der Waals surface area (Å²) in [5.41, 5.74) is 3.00. The van der Waals surface area contributed by atoms with Crippen LogP contribution in [-0.4, -0.2) is 14.3 Å². The molecule has 0 radical (unpaired) electrons. The van der Waals surface area contributed by atoms with E-state index in [2.05, 4.69) is 15.0 Å². The third kappa shape index (κ3) is 4.51. The van der Waals surface area contributed by atoms with Crippen LogP contribution in [0.4, 0.5) is 11.4 Å². The van der Waals surface area contributed by atoms with E-state index >= 15 is 0 Å². The Kier molecular flexibility index (Phi) is 5.23. The monoisotopic (exact) mass is 381 g/mol. The smallest absolute Gasteiger partial charge is 0.255 e. The Morgan fingerprint density at radius 3 is 2.56 bits per heavy atom. The van der Waals surface area contributed by atoms with Crippen molar-refractivity contribution < 1.29 is 18.2 Å². The normalized spacial score (nSPS) is 11.0. The van der Waals surface area contributed by atoms with Crippen molar-refractivity contribution in [1.82, 2.24) is 0 Å². The van der Waals surface area contributed by atoms with Crippen LogP contribution in [0.1, 0.15) is 21.5 Å². The van der Waals surface area contributed by atoms with Crippen LogP contribution < -0.4 is 10.3 Å². The van der Waals surface area contributed by atoms with Crippen molar-refractivity contribution >= 4 is 27.3 Å². The number of H-pyrrole nitrogens is 1. The average Bonchev–Trinajstić information content (AvgIpc) is 2.65. The molecule has 6 nitrogen and oxygen atoms in total. The number of aromatic nitrogens is 1. The quantitative estimate of drug-likeness (QED) is 0.729. The number of sulfonamides is 1. The highest BCUT2D eigenvalue weighted by Crippen LogP contribution is 2.31. The second kappa shape index (κ2) is 7.59. The van der Waals surface area contributed by atoms with Crippen molar-refractivity contribution in [3.63, 3.8) is 0 Å². The van der Waals surface area contributed by atoms with E-state index in [1.165, 1.54) is 18.2 Å². The number of nitrogens with one attached hydrogen (secondary N) is 2. The Bertz CT molecular complexity index is 1080. The first-order valence-electron chi connectivity index (χ1n) is 8.28. The molecule has 0 saturated heterocycles. The van der Waals surface area contributed by atoms with Crippen molar-refractivity contribution in [3.05, 3.63) is 88.4 Å². The van der Waals surface area contributed by atoms with Gasteiger partial charge in [-0.25, -0.2) is 13.4 Å². The Balaban J connectivity index is 1.84. The zero-order valence-electron chi connectivity index (χ0n) is 14.9. The molecule has 3 rings (SSSR count). The third-order valence-corrected chi connectivity index (χ3v) is 5.22. The van der Waals surface area contributed by atoms with Gasteiger partial charge in [0.2, 0.25) is 0 Å². The fourth-order valence-corrected chi connectivity index (χ4v) is 3.66. The molecule has 7 heteroatoms. The van der Waals surface area contributed by atoms with Crippen molar-refractivity contribution in [1.29, 1.82) is 0 Å². The molecule has 138 valence electrons. The van der Waals surface area contributed by atoms with Crippen LogP contribution in [0.15, 0.2) is 71.9 Å². The highest BCUT2D eigenvalue weighted by molar-refractivity contribution is 7.94. The molecule has 1 heterocycles. The van der Waals surface area contributed by atoms with E-state index in [0.717, 1.165) is 11.1 Å². The summed E-state index contributed by atoms with van der Waals surface area (Å²) in [6, 6.07) is 14.7. The van der Waals surface area contributed by atoms with Crippen LogP contribution in [0.25, 0.3) is 4.72 Å². The number of anilines is 1. The van der Waals surface area contributed by atoms with Crippen molar-refractivity contribution in [2.45, 2.75) is 18.7 Å². The van der Waals surface area contributed by atoms with E-state index in [1.54, 1.807) is 36.7 Å². The topological polar surface area (TPSA) is 91.5 Å². The van der Waals surface area contributed by atoms with Gasteiger partial charge in [-0.3, -0.25) is 4.79 Å². The number of benzene rings is 2. The summed E-state index contributed by atoms with van der Waals surface area (Å²) in [7, 11) is -3.94. The molecule has 0 aliphatic rings. The lowest BCUT2D eigenvalue weighted by Crippen LogP contribution is -2.14. The van der Waals surface area contributed by atoms with Gasteiger partial charge in [0.05, 0.1) is 4.90 Å². The molecule has 0 aliphatic carbocycles. The van der Waals surface area contributed by atoms with E-state index in [0.29, 0.717) is 11.4 Å². The zero-order valence-corrected chi connectivity index (χ0v) is 15.7. The Morgan fingerprint density at radius 1 is 1.04 bits per heavy atom. The molecule has 3 aromatic rings. The molecular formula is C20H19N3O3S. The van der Waals surface area contributed by atoms with Crippen LogP contribution in [0, 0.1) is 13.8 Å². The van der Waals surface area contributed by atoms with Gasteiger partial charge in [-0.15, -0.1) is 5.69 Å². The molecule has 0 bridgehead atoms. The summed E-state index contributed by atoms with van der Waals surface area (Å²) in [4.78, 5) is 15.2. The number of aromatic amines is 1. The van der Waals surface area contributed by atoms with E-state index in [9.17, 15) is 13.2 Å². The van der Waals surface area contributed by atoms with Crippen molar-refractivity contribution in [2.75, 3.05) is 5.32 Å². The van der Waals surface area contributed by atoms with Crippen LogP contribution >= 0.6 is 0 Å². The molecule has 0 unspecified atom stereocenters. The van der Waals surface area contributed by atoms with E-state index in [1.807, 2.05) is 26.0 Å². The van der Waals surface area contributed by atoms with E-state index < -0.39 is 15.9 Å². The largest absolute Gasteiger partial charge is 0.572 e. The molecule has 0 aliphatic heterocycles. The Hall–Kier alpha value is -3.19. The number of hydrogen-bond donors (Lipinski definition) is 1. The van der Waals surface area contributed by atoms with Gasteiger partial charge < -0.3 is 10.0 Å². The molecular weight excluding hydrogens is 362 g/mol. The van der Waals surface area contributed by atoms with E-state index in [-0.39, 0.29) is 10.5 Å². The summed E-state index contributed by atoms with van der Waals surface area (Å²) < 4.78 is 29.3. The minimum absolute atomic E-state index is 0.0326. The van der Waals surface area contributed by atoms with E-state index in [4.69, 9.17) is 0 Å². The molecule has 0 saturated carbocycles. The van der Waals surface area contributed by atoms with Crippen LogP contribution in [0.5, 0.6) is 0 Å². The summed E-state index contributed by atoms with van der Waals surface area (Å²) in [5, 5.41) is 2.71. The standard InChI is InChI=1S/C20H18N3O3S/c1-14-8-9-19(15(2)11-14)23-27(25,26)18-7-3-5-16(12-18)20(24)22-17-6-4-10-21-13-17/h3-13H,1-2H3,(H,22,24)/q-1/p+1.